The number of fused-ring (bicyclic) bond motifs is 1. The number of amides is 5. The first-order valence-electron chi connectivity index (χ1n) is 14.1. The number of rotatable bonds is 7. The van der Waals surface area contributed by atoms with E-state index in [1.165, 1.54) is 6.42 Å². The highest BCUT2D eigenvalue weighted by atomic mass is 16.5. The Kier molecular flexibility index (Phi) is 9.87. The monoisotopic (exact) mass is 551 g/mol. The summed E-state index contributed by atoms with van der Waals surface area (Å²) in [5.74, 6) is -0.217. The molecule has 0 spiro atoms. The molecule has 1 fully saturated rings. The van der Waals surface area contributed by atoms with Crippen molar-refractivity contribution in [2.45, 2.75) is 64.1 Å². The van der Waals surface area contributed by atoms with E-state index in [9.17, 15) is 19.5 Å². The second-order valence-electron chi connectivity index (χ2n) is 10.9. The Hall–Kier alpha value is -3.79. The first-order valence-corrected chi connectivity index (χ1v) is 14.1. The van der Waals surface area contributed by atoms with Gasteiger partial charge in [0, 0.05) is 31.2 Å². The van der Waals surface area contributed by atoms with Gasteiger partial charge in [-0.1, -0.05) is 50.5 Å². The van der Waals surface area contributed by atoms with Crippen molar-refractivity contribution >= 4 is 29.3 Å². The highest BCUT2D eigenvalue weighted by Gasteiger charge is 2.35. The van der Waals surface area contributed by atoms with Crippen molar-refractivity contribution in [3.63, 3.8) is 0 Å². The van der Waals surface area contributed by atoms with Crippen LogP contribution in [0.5, 0.6) is 5.75 Å². The molecule has 2 aliphatic rings. The van der Waals surface area contributed by atoms with Crippen LogP contribution in [0.3, 0.4) is 0 Å². The standard InChI is InChI=1S/C30H41N5O5/c1-20-17-35(21(2)19-36)28(37)24-15-10-16-25(33-29(38)31-22-11-6-4-7-12-22)27(24)40-26(20)18-34(3)30(39)32-23-13-8-5-9-14-23/h5,8-10,13-16,20-22,26,36H,4,6-7,11-12,17-19H2,1-3H3,(H,32,39)(H2,31,33,38)/t20-,21+,26+/m0/s1. The molecule has 1 saturated carbocycles. The van der Waals surface area contributed by atoms with Crippen LogP contribution < -0.4 is 20.7 Å². The minimum Gasteiger partial charge on any atom is -0.485 e. The first kappa shape index (κ1) is 29.2. The maximum Gasteiger partial charge on any atom is 0.321 e. The van der Waals surface area contributed by atoms with Crippen molar-refractivity contribution in [2.24, 2.45) is 5.92 Å². The quantitative estimate of drug-likeness (QED) is 0.403. The zero-order valence-corrected chi connectivity index (χ0v) is 23.6. The van der Waals surface area contributed by atoms with Gasteiger partial charge in [0.15, 0.2) is 5.75 Å². The summed E-state index contributed by atoms with van der Waals surface area (Å²) >= 11 is 0. The van der Waals surface area contributed by atoms with Gasteiger partial charge in [-0.15, -0.1) is 0 Å². The lowest BCUT2D eigenvalue weighted by Gasteiger charge is -2.38. The number of aliphatic hydroxyl groups is 1. The summed E-state index contributed by atoms with van der Waals surface area (Å²) in [5, 5.41) is 18.7. The van der Waals surface area contributed by atoms with Crippen LogP contribution >= 0.6 is 0 Å². The second-order valence-corrected chi connectivity index (χ2v) is 10.9. The number of ether oxygens (including phenoxy) is 1. The van der Waals surface area contributed by atoms with Gasteiger partial charge in [-0.25, -0.2) is 9.59 Å². The highest BCUT2D eigenvalue weighted by molar-refractivity contribution is 6.01. The molecule has 40 heavy (non-hydrogen) atoms. The van der Waals surface area contributed by atoms with Crippen molar-refractivity contribution in [3.05, 3.63) is 54.1 Å². The van der Waals surface area contributed by atoms with Crippen molar-refractivity contribution < 1.29 is 24.2 Å². The molecule has 2 aromatic rings. The Balaban J connectivity index is 1.59. The summed E-state index contributed by atoms with van der Waals surface area (Å²) in [7, 11) is 1.69. The van der Waals surface area contributed by atoms with E-state index in [1.807, 2.05) is 37.3 Å². The van der Waals surface area contributed by atoms with Gasteiger partial charge in [-0.05, 0) is 44.0 Å². The van der Waals surface area contributed by atoms with Crippen LogP contribution in [0.2, 0.25) is 0 Å². The third kappa shape index (κ3) is 7.24. The topological polar surface area (TPSA) is 123 Å². The average Bonchev–Trinajstić information content (AvgIpc) is 2.95. The van der Waals surface area contributed by atoms with Crippen LogP contribution in [0.1, 0.15) is 56.3 Å². The molecule has 10 heteroatoms. The van der Waals surface area contributed by atoms with E-state index >= 15 is 0 Å². The number of anilines is 2. The van der Waals surface area contributed by atoms with E-state index in [0.29, 0.717) is 23.5 Å². The molecule has 4 rings (SSSR count). The molecule has 4 N–H and O–H groups in total. The van der Waals surface area contributed by atoms with Crippen molar-refractivity contribution in [1.29, 1.82) is 0 Å². The Bertz CT molecular complexity index is 1170. The minimum atomic E-state index is -0.504. The molecule has 5 amide bonds. The van der Waals surface area contributed by atoms with Crippen LogP contribution in [-0.2, 0) is 0 Å². The van der Waals surface area contributed by atoms with E-state index in [0.717, 1.165) is 25.7 Å². The molecule has 10 nitrogen and oxygen atoms in total. The van der Waals surface area contributed by atoms with Crippen LogP contribution in [0.25, 0.3) is 0 Å². The summed E-state index contributed by atoms with van der Waals surface area (Å²) in [6.45, 7) is 4.12. The number of nitrogens with zero attached hydrogens (tertiary/aromatic N) is 2. The Morgan fingerprint density at radius 3 is 2.50 bits per heavy atom. The van der Waals surface area contributed by atoms with Gasteiger partial charge >= 0.3 is 12.1 Å². The lowest BCUT2D eigenvalue weighted by molar-refractivity contribution is 0.0373. The predicted molar refractivity (Wildman–Crippen MR) is 155 cm³/mol. The summed E-state index contributed by atoms with van der Waals surface area (Å²) < 4.78 is 6.50. The highest BCUT2D eigenvalue weighted by Crippen LogP contribution is 2.35. The SMILES string of the molecule is C[C@H](CO)N1C[C@H](C)[C@@H](CN(C)C(=O)Nc2ccccc2)Oc2c(NC(=O)NC3CCCCC3)cccc2C1=O. The number of para-hydroxylation sites is 2. The summed E-state index contributed by atoms with van der Waals surface area (Å²) in [6.07, 6.45) is 4.75. The van der Waals surface area contributed by atoms with Crippen molar-refractivity contribution in [1.82, 2.24) is 15.1 Å². The summed E-state index contributed by atoms with van der Waals surface area (Å²) in [6, 6.07) is 13.3. The Morgan fingerprint density at radius 1 is 1.07 bits per heavy atom. The van der Waals surface area contributed by atoms with Crippen LogP contribution in [0, 0.1) is 5.92 Å². The van der Waals surface area contributed by atoms with Gasteiger partial charge in [-0.2, -0.15) is 0 Å². The fraction of sp³-hybridized carbons (Fsp3) is 0.500. The predicted octanol–water partition coefficient (Wildman–Crippen LogP) is 4.52. The number of carbonyl (C=O) groups excluding carboxylic acids is 3. The fourth-order valence-electron chi connectivity index (χ4n) is 5.24. The summed E-state index contributed by atoms with van der Waals surface area (Å²) in [5.41, 5.74) is 1.36. The number of aliphatic hydroxyl groups excluding tert-OH is 1. The fourth-order valence-corrected chi connectivity index (χ4v) is 5.24. The lowest BCUT2D eigenvalue weighted by atomic mass is 9.96. The molecular weight excluding hydrogens is 510 g/mol. The van der Waals surface area contributed by atoms with Crippen molar-refractivity contribution in [2.75, 3.05) is 37.4 Å². The normalized spacial score (nSPS) is 20.3. The van der Waals surface area contributed by atoms with E-state index in [2.05, 4.69) is 16.0 Å². The van der Waals surface area contributed by atoms with E-state index in [1.54, 1.807) is 42.0 Å². The van der Waals surface area contributed by atoms with E-state index < -0.39 is 12.1 Å². The number of likely N-dealkylation sites (N-methyl/N-ethyl adjacent to an activating group) is 1. The van der Waals surface area contributed by atoms with Crippen LogP contribution in [0.15, 0.2) is 48.5 Å². The molecule has 2 aromatic carbocycles. The molecule has 1 aliphatic carbocycles. The molecule has 0 bridgehead atoms. The maximum atomic E-state index is 13.7. The van der Waals surface area contributed by atoms with Crippen LogP contribution in [0.4, 0.5) is 21.0 Å². The molecule has 0 unspecified atom stereocenters. The third-order valence-electron chi connectivity index (χ3n) is 7.71. The molecule has 0 saturated heterocycles. The van der Waals surface area contributed by atoms with Gasteiger partial charge in [0.25, 0.3) is 5.91 Å². The number of nitrogens with one attached hydrogen (secondary N) is 3. The van der Waals surface area contributed by atoms with Crippen LogP contribution in [-0.4, -0.2) is 77.8 Å². The molecule has 1 aliphatic heterocycles. The number of hydrogen-bond donors (Lipinski definition) is 4. The lowest BCUT2D eigenvalue weighted by Crippen LogP contribution is -2.50. The number of urea groups is 2. The first-order chi connectivity index (χ1) is 19.3. The Labute approximate surface area is 236 Å². The second kappa shape index (κ2) is 13.5. The van der Waals surface area contributed by atoms with Gasteiger partial charge in [0.05, 0.1) is 30.4 Å². The minimum absolute atomic E-state index is 0.118. The largest absolute Gasteiger partial charge is 0.485 e. The van der Waals surface area contributed by atoms with Crippen molar-refractivity contribution in [3.8, 4) is 5.75 Å². The zero-order chi connectivity index (χ0) is 28.6. The zero-order valence-electron chi connectivity index (χ0n) is 23.6. The van der Waals surface area contributed by atoms with Gasteiger partial charge in [0.1, 0.15) is 6.10 Å². The average molecular weight is 552 g/mol. The number of hydrogen-bond acceptors (Lipinski definition) is 5. The van der Waals surface area contributed by atoms with E-state index in [4.69, 9.17) is 4.74 Å². The maximum absolute atomic E-state index is 13.7. The van der Waals surface area contributed by atoms with E-state index in [-0.39, 0.29) is 48.8 Å². The van der Waals surface area contributed by atoms with Gasteiger partial charge < -0.3 is 35.6 Å². The summed E-state index contributed by atoms with van der Waals surface area (Å²) in [4.78, 5) is 42.7. The molecule has 0 aromatic heterocycles. The smallest absolute Gasteiger partial charge is 0.321 e. The molecule has 1 heterocycles. The molecular formula is C30H41N5O5. The molecule has 0 radical (unpaired) electrons. The Morgan fingerprint density at radius 2 is 1.80 bits per heavy atom. The number of benzene rings is 2. The molecule has 3 atom stereocenters. The van der Waals surface area contributed by atoms with Gasteiger partial charge in [-0.3, -0.25) is 4.79 Å². The third-order valence-corrected chi connectivity index (χ3v) is 7.71. The molecule has 216 valence electrons. The van der Waals surface area contributed by atoms with Gasteiger partial charge in [0.2, 0.25) is 0 Å². The number of carbonyl (C=O) groups is 3.